The highest BCUT2D eigenvalue weighted by Crippen LogP contribution is 2.32. The molecule has 2 atom stereocenters. The third kappa shape index (κ3) is 3.06. The number of esters is 1. The highest BCUT2D eigenvalue weighted by atomic mass is 16.5. The van der Waals surface area contributed by atoms with E-state index in [4.69, 9.17) is 10.5 Å². The van der Waals surface area contributed by atoms with E-state index < -0.39 is 0 Å². The summed E-state index contributed by atoms with van der Waals surface area (Å²) in [5, 5.41) is 0. The average molecular weight is 276 g/mol. The highest BCUT2D eigenvalue weighted by molar-refractivity contribution is 5.92. The second-order valence-electron chi connectivity index (χ2n) is 5.80. The van der Waals surface area contributed by atoms with Crippen molar-refractivity contribution in [3.05, 3.63) is 23.8 Å². The van der Waals surface area contributed by atoms with Crippen LogP contribution in [0, 0.1) is 5.92 Å². The molecule has 1 aliphatic rings. The van der Waals surface area contributed by atoms with Gasteiger partial charge in [0.2, 0.25) is 0 Å². The fourth-order valence-corrected chi connectivity index (χ4v) is 3.04. The van der Waals surface area contributed by atoms with Crippen molar-refractivity contribution in [2.24, 2.45) is 5.92 Å². The third-order valence-electron chi connectivity index (χ3n) is 4.29. The molecule has 1 aromatic carbocycles. The SMILES string of the molecule is COC(=O)c1ccc(N)c(N(C)C2CCCC(C)C2)c1. The summed E-state index contributed by atoms with van der Waals surface area (Å²) in [5.74, 6) is 0.429. The molecule has 1 aliphatic carbocycles. The lowest BCUT2D eigenvalue weighted by Gasteiger charge is -2.36. The van der Waals surface area contributed by atoms with Gasteiger partial charge in [-0.05, 0) is 37.0 Å². The van der Waals surface area contributed by atoms with Crippen LogP contribution in [0.4, 0.5) is 11.4 Å². The number of benzene rings is 1. The first-order valence-corrected chi connectivity index (χ1v) is 7.23. The first-order chi connectivity index (χ1) is 9.52. The number of ether oxygens (including phenoxy) is 1. The summed E-state index contributed by atoms with van der Waals surface area (Å²) in [7, 11) is 3.46. The first kappa shape index (κ1) is 14.7. The predicted molar refractivity (Wildman–Crippen MR) is 82.0 cm³/mol. The van der Waals surface area contributed by atoms with Gasteiger partial charge in [0.05, 0.1) is 24.0 Å². The quantitative estimate of drug-likeness (QED) is 0.681. The van der Waals surface area contributed by atoms with Gasteiger partial charge in [-0.25, -0.2) is 4.79 Å². The fraction of sp³-hybridized carbons (Fsp3) is 0.562. The van der Waals surface area contributed by atoms with Crippen LogP contribution < -0.4 is 10.6 Å². The van der Waals surface area contributed by atoms with Gasteiger partial charge in [-0.2, -0.15) is 0 Å². The molecule has 0 bridgehead atoms. The van der Waals surface area contributed by atoms with E-state index in [-0.39, 0.29) is 5.97 Å². The third-order valence-corrected chi connectivity index (χ3v) is 4.29. The number of nitrogen functional groups attached to an aromatic ring is 1. The Morgan fingerprint density at radius 3 is 2.80 bits per heavy atom. The molecule has 20 heavy (non-hydrogen) atoms. The molecule has 0 aliphatic heterocycles. The molecule has 2 unspecified atom stereocenters. The lowest BCUT2D eigenvalue weighted by atomic mass is 9.86. The predicted octanol–water partition coefficient (Wildman–Crippen LogP) is 3.07. The van der Waals surface area contributed by atoms with E-state index in [1.54, 1.807) is 12.1 Å². The molecule has 4 heteroatoms. The maximum Gasteiger partial charge on any atom is 0.337 e. The van der Waals surface area contributed by atoms with Crippen molar-refractivity contribution in [2.45, 2.75) is 38.6 Å². The van der Waals surface area contributed by atoms with Gasteiger partial charge in [0.25, 0.3) is 0 Å². The molecule has 4 nitrogen and oxygen atoms in total. The van der Waals surface area contributed by atoms with Crippen LogP contribution in [-0.2, 0) is 4.74 Å². The Labute approximate surface area is 120 Å². The molecule has 0 heterocycles. The topological polar surface area (TPSA) is 55.6 Å². The van der Waals surface area contributed by atoms with Gasteiger partial charge in [-0.1, -0.05) is 19.8 Å². The Morgan fingerprint density at radius 1 is 1.40 bits per heavy atom. The summed E-state index contributed by atoms with van der Waals surface area (Å²) in [4.78, 5) is 13.9. The summed E-state index contributed by atoms with van der Waals surface area (Å²) in [6.07, 6.45) is 4.93. The molecule has 2 rings (SSSR count). The smallest absolute Gasteiger partial charge is 0.337 e. The van der Waals surface area contributed by atoms with E-state index in [2.05, 4.69) is 18.9 Å². The number of hydrogen-bond acceptors (Lipinski definition) is 4. The van der Waals surface area contributed by atoms with E-state index in [9.17, 15) is 4.79 Å². The summed E-state index contributed by atoms with van der Waals surface area (Å²) >= 11 is 0. The zero-order valence-corrected chi connectivity index (χ0v) is 12.6. The van der Waals surface area contributed by atoms with Crippen LogP contribution in [0.3, 0.4) is 0 Å². The number of carbonyl (C=O) groups excluding carboxylic acids is 1. The largest absolute Gasteiger partial charge is 0.465 e. The zero-order chi connectivity index (χ0) is 14.7. The number of anilines is 2. The molecule has 0 radical (unpaired) electrons. The van der Waals surface area contributed by atoms with Crippen molar-refractivity contribution in [1.82, 2.24) is 0 Å². The fourth-order valence-electron chi connectivity index (χ4n) is 3.04. The van der Waals surface area contributed by atoms with Crippen molar-refractivity contribution in [3.8, 4) is 0 Å². The van der Waals surface area contributed by atoms with Crippen LogP contribution in [0.1, 0.15) is 43.0 Å². The van der Waals surface area contributed by atoms with E-state index in [0.717, 1.165) is 11.6 Å². The van der Waals surface area contributed by atoms with Crippen LogP contribution in [0.5, 0.6) is 0 Å². The second kappa shape index (κ2) is 6.16. The Kier molecular flexibility index (Phi) is 4.53. The number of nitrogens with two attached hydrogens (primary N) is 1. The van der Waals surface area contributed by atoms with Gasteiger partial charge in [-0.15, -0.1) is 0 Å². The molecule has 0 saturated heterocycles. The number of nitrogens with zero attached hydrogens (tertiary/aromatic N) is 1. The van der Waals surface area contributed by atoms with E-state index in [1.807, 2.05) is 6.07 Å². The normalized spacial score (nSPS) is 22.4. The first-order valence-electron chi connectivity index (χ1n) is 7.23. The van der Waals surface area contributed by atoms with Crippen LogP contribution in [-0.4, -0.2) is 26.2 Å². The molecule has 0 aromatic heterocycles. The standard InChI is InChI=1S/C16H24N2O2/c1-11-5-4-6-13(9-11)18(2)15-10-12(16(19)20-3)7-8-14(15)17/h7-8,10-11,13H,4-6,9,17H2,1-3H3. The maximum absolute atomic E-state index is 11.6. The lowest BCUT2D eigenvalue weighted by Crippen LogP contribution is -2.36. The second-order valence-corrected chi connectivity index (χ2v) is 5.80. The van der Waals surface area contributed by atoms with E-state index >= 15 is 0 Å². The van der Waals surface area contributed by atoms with E-state index in [0.29, 0.717) is 17.3 Å². The van der Waals surface area contributed by atoms with Crippen molar-refractivity contribution in [3.63, 3.8) is 0 Å². The van der Waals surface area contributed by atoms with Crippen molar-refractivity contribution in [1.29, 1.82) is 0 Å². The van der Waals surface area contributed by atoms with E-state index in [1.165, 1.54) is 32.8 Å². The summed E-state index contributed by atoms with van der Waals surface area (Å²) in [5.41, 5.74) is 8.26. The summed E-state index contributed by atoms with van der Waals surface area (Å²) < 4.78 is 4.78. The molecule has 1 aromatic rings. The molecule has 0 amide bonds. The average Bonchev–Trinajstić information content (AvgIpc) is 2.46. The minimum atomic E-state index is -0.323. The number of rotatable bonds is 3. The van der Waals surface area contributed by atoms with Crippen molar-refractivity contribution in [2.75, 3.05) is 24.8 Å². The van der Waals surface area contributed by atoms with Gasteiger partial charge < -0.3 is 15.4 Å². The Hall–Kier alpha value is -1.71. The Morgan fingerprint density at radius 2 is 2.15 bits per heavy atom. The molecule has 1 saturated carbocycles. The number of methoxy groups -OCH3 is 1. The molecular formula is C16H24N2O2. The zero-order valence-electron chi connectivity index (χ0n) is 12.6. The monoisotopic (exact) mass is 276 g/mol. The molecule has 0 spiro atoms. The van der Waals surface area contributed by atoms with Gasteiger partial charge >= 0.3 is 5.97 Å². The van der Waals surface area contributed by atoms with Crippen LogP contribution >= 0.6 is 0 Å². The number of hydrogen-bond donors (Lipinski definition) is 1. The Balaban J connectivity index is 2.24. The van der Waals surface area contributed by atoms with Gasteiger partial charge in [0.15, 0.2) is 0 Å². The summed E-state index contributed by atoms with van der Waals surface area (Å²) in [6, 6.07) is 5.82. The molecule has 2 N–H and O–H groups in total. The van der Waals surface area contributed by atoms with Crippen molar-refractivity contribution >= 4 is 17.3 Å². The molecule has 1 fully saturated rings. The minimum absolute atomic E-state index is 0.323. The highest BCUT2D eigenvalue weighted by Gasteiger charge is 2.24. The summed E-state index contributed by atoms with van der Waals surface area (Å²) in [6.45, 7) is 2.30. The van der Waals surface area contributed by atoms with Gasteiger partial charge in [0, 0.05) is 13.1 Å². The Bertz CT molecular complexity index is 487. The van der Waals surface area contributed by atoms with Crippen LogP contribution in [0.2, 0.25) is 0 Å². The molecular weight excluding hydrogens is 252 g/mol. The van der Waals surface area contributed by atoms with Crippen molar-refractivity contribution < 1.29 is 9.53 Å². The minimum Gasteiger partial charge on any atom is -0.465 e. The number of carbonyl (C=O) groups is 1. The maximum atomic E-state index is 11.6. The van der Waals surface area contributed by atoms with Crippen LogP contribution in [0.25, 0.3) is 0 Å². The lowest BCUT2D eigenvalue weighted by molar-refractivity contribution is 0.0601. The molecule has 110 valence electrons. The van der Waals surface area contributed by atoms with Gasteiger partial charge in [-0.3, -0.25) is 0 Å². The van der Waals surface area contributed by atoms with Gasteiger partial charge in [0.1, 0.15) is 0 Å². The van der Waals surface area contributed by atoms with Crippen LogP contribution in [0.15, 0.2) is 18.2 Å².